The van der Waals surface area contributed by atoms with E-state index < -0.39 is 21.7 Å². The third-order valence-electron chi connectivity index (χ3n) is 5.59. The predicted octanol–water partition coefficient (Wildman–Crippen LogP) is 4.88. The van der Waals surface area contributed by atoms with Crippen molar-refractivity contribution >= 4 is 49.8 Å². The number of aromatic nitrogens is 2. The maximum absolute atomic E-state index is 14.8. The molecule has 1 N–H and O–H groups in total. The molecule has 1 saturated heterocycles. The highest BCUT2D eigenvalue weighted by Crippen LogP contribution is 2.33. The summed E-state index contributed by atoms with van der Waals surface area (Å²) < 4.78 is 40.1. The first-order chi connectivity index (χ1) is 16.3. The highest BCUT2D eigenvalue weighted by atomic mass is 35.5. The van der Waals surface area contributed by atoms with E-state index in [1.165, 1.54) is 12.1 Å². The Labute approximate surface area is 200 Å². The number of hydrogen-bond acceptors (Lipinski definition) is 5. The predicted molar refractivity (Wildman–Crippen MR) is 130 cm³/mol. The fourth-order valence-electron chi connectivity index (χ4n) is 3.97. The van der Waals surface area contributed by atoms with E-state index in [0.717, 1.165) is 21.3 Å². The Balaban J connectivity index is 1.44. The summed E-state index contributed by atoms with van der Waals surface area (Å²) in [6.45, 7) is 0.290. The molecule has 172 valence electrons. The van der Waals surface area contributed by atoms with Crippen molar-refractivity contribution < 1.29 is 17.6 Å². The van der Waals surface area contributed by atoms with Gasteiger partial charge in [0.05, 0.1) is 33.2 Å². The van der Waals surface area contributed by atoms with Gasteiger partial charge in [-0.25, -0.2) is 12.8 Å². The van der Waals surface area contributed by atoms with Crippen LogP contribution >= 0.6 is 11.6 Å². The largest absolute Gasteiger partial charge is 0.322 e. The van der Waals surface area contributed by atoms with Gasteiger partial charge >= 0.3 is 0 Å². The maximum Gasteiger partial charge on any atom is 0.258 e. The van der Waals surface area contributed by atoms with E-state index >= 15 is 0 Å². The number of nitrogens with zero attached hydrogens (tertiary/aromatic N) is 3. The van der Waals surface area contributed by atoms with E-state index in [1.54, 1.807) is 42.7 Å². The quantitative estimate of drug-likeness (QED) is 0.434. The summed E-state index contributed by atoms with van der Waals surface area (Å²) in [5.74, 6) is -1.46. The van der Waals surface area contributed by atoms with Crippen molar-refractivity contribution in [2.45, 2.75) is 6.42 Å². The van der Waals surface area contributed by atoms with E-state index in [1.807, 2.05) is 6.07 Å². The first-order valence-electron chi connectivity index (χ1n) is 10.4. The van der Waals surface area contributed by atoms with Gasteiger partial charge in [-0.05, 0) is 61.0 Å². The lowest BCUT2D eigenvalue weighted by Crippen LogP contribution is -2.25. The Hall–Kier alpha value is -3.56. The molecule has 7 nitrogen and oxygen atoms in total. The second-order valence-electron chi connectivity index (χ2n) is 7.78. The van der Waals surface area contributed by atoms with Crippen molar-refractivity contribution in [3.8, 4) is 11.3 Å². The van der Waals surface area contributed by atoms with E-state index in [-0.39, 0.29) is 17.0 Å². The zero-order chi connectivity index (χ0) is 23.9. The van der Waals surface area contributed by atoms with Crippen LogP contribution in [0.5, 0.6) is 0 Å². The Bertz CT molecular complexity index is 1540. The van der Waals surface area contributed by atoms with Gasteiger partial charge in [0.2, 0.25) is 10.0 Å². The van der Waals surface area contributed by atoms with Crippen LogP contribution in [0.4, 0.5) is 15.8 Å². The van der Waals surface area contributed by atoms with Crippen molar-refractivity contribution in [1.29, 1.82) is 0 Å². The third-order valence-corrected chi connectivity index (χ3v) is 7.79. The molecule has 0 spiro atoms. The number of anilines is 2. The summed E-state index contributed by atoms with van der Waals surface area (Å²) in [7, 11) is -3.45. The number of carbonyl (C=O) groups excluding carboxylic acids is 1. The van der Waals surface area contributed by atoms with Gasteiger partial charge in [-0.1, -0.05) is 11.6 Å². The molecule has 2 aromatic carbocycles. The molecular weight excluding hydrogens is 479 g/mol. The number of pyridine rings is 2. The Morgan fingerprint density at radius 1 is 1.06 bits per heavy atom. The van der Waals surface area contributed by atoms with Crippen LogP contribution in [0.15, 0.2) is 67.0 Å². The second-order valence-corrected chi connectivity index (χ2v) is 10.2. The Morgan fingerprint density at radius 2 is 1.91 bits per heavy atom. The van der Waals surface area contributed by atoms with Crippen LogP contribution in [-0.4, -0.2) is 36.6 Å². The van der Waals surface area contributed by atoms with Crippen LogP contribution in [0.25, 0.3) is 22.2 Å². The molecule has 0 bridgehead atoms. The maximum atomic E-state index is 14.8. The molecule has 1 aliphatic rings. The van der Waals surface area contributed by atoms with E-state index in [4.69, 9.17) is 11.6 Å². The summed E-state index contributed by atoms with van der Waals surface area (Å²) in [4.78, 5) is 21.6. The Kier molecular flexibility index (Phi) is 5.66. The van der Waals surface area contributed by atoms with Gasteiger partial charge < -0.3 is 5.32 Å². The standard InChI is InChI=1S/C24H18ClFN4O3S/c25-20-7-4-15(13-19(20)23-18-3-1-9-27-22(18)8-10-28-23)29-24(31)17-6-5-16(14-21(17)26)30-11-2-12-34(30,32)33/h1,3-10,13-14H,2,11-12H2,(H,29,31). The summed E-state index contributed by atoms with van der Waals surface area (Å²) in [5.41, 5.74) is 2.35. The van der Waals surface area contributed by atoms with E-state index in [2.05, 4.69) is 15.3 Å². The van der Waals surface area contributed by atoms with Gasteiger partial charge in [0, 0.05) is 35.6 Å². The number of amides is 1. The van der Waals surface area contributed by atoms with Gasteiger partial charge in [0.25, 0.3) is 5.91 Å². The van der Waals surface area contributed by atoms with E-state index in [0.29, 0.717) is 34.9 Å². The molecule has 0 saturated carbocycles. The number of sulfonamides is 1. The number of nitrogens with one attached hydrogen (secondary N) is 1. The number of benzene rings is 2. The summed E-state index contributed by atoms with van der Waals surface area (Å²) in [6.07, 6.45) is 3.79. The fraction of sp³-hybridized carbons (Fsp3) is 0.125. The molecule has 0 unspecified atom stereocenters. The van der Waals surface area contributed by atoms with Crippen LogP contribution in [-0.2, 0) is 10.0 Å². The minimum absolute atomic E-state index is 0.0252. The molecule has 0 radical (unpaired) electrons. The summed E-state index contributed by atoms with van der Waals surface area (Å²) in [6, 6.07) is 14.1. The molecule has 10 heteroatoms. The fourth-order valence-corrected chi connectivity index (χ4v) is 5.74. The van der Waals surface area contributed by atoms with Crippen LogP contribution < -0.4 is 9.62 Å². The third kappa shape index (κ3) is 4.08. The van der Waals surface area contributed by atoms with Gasteiger partial charge in [0.1, 0.15) is 5.82 Å². The van der Waals surface area contributed by atoms with Crippen molar-refractivity contribution in [3.05, 3.63) is 83.4 Å². The lowest BCUT2D eigenvalue weighted by molar-refractivity contribution is 0.102. The van der Waals surface area contributed by atoms with Crippen molar-refractivity contribution in [3.63, 3.8) is 0 Å². The minimum Gasteiger partial charge on any atom is -0.322 e. The van der Waals surface area contributed by atoms with Gasteiger partial charge in [0.15, 0.2) is 0 Å². The summed E-state index contributed by atoms with van der Waals surface area (Å²) in [5, 5.41) is 3.91. The molecule has 0 atom stereocenters. The average molecular weight is 497 g/mol. The van der Waals surface area contributed by atoms with Gasteiger partial charge in [-0.2, -0.15) is 0 Å². The molecule has 2 aromatic heterocycles. The molecule has 1 aliphatic heterocycles. The second kappa shape index (κ2) is 8.66. The van der Waals surface area contributed by atoms with Crippen LogP contribution in [0, 0.1) is 5.82 Å². The molecular formula is C24H18ClFN4O3S. The highest BCUT2D eigenvalue weighted by Gasteiger charge is 2.29. The topological polar surface area (TPSA) is 92.3 Å². The Morgan fingerprint density at radius 3 is 2.68 bits per heavy atom. The molecule has 5 rings (SSSR count). The monoisotopic (exact) mass is 496 g/mol. The van der Waals surface area contributed by atoms with Crippen LogP contribution in [0.3, 0.4) is 0 Å². The van der Waals surface area contributed by atoms with Crippen molar-refractivity contribution in [2.75, 3.05) is 21.9 Å². The van der Waals surface area contributed by atoms with Crippen molar-refractivity contribution in [1.82, 2.24) is 9.97 Å². The highest BCUT2D eigenvalue weighted by molar-refractivity contribution is 7.93. The molecule has 4 aromatic rings. The molecule has 1 fully saturated rings. The lowest BCUT2D eigenvalue weighted by atomic mass is 10.1. The number of fused-ring (bicyclic) bond motifs is 1. The van der Waals surface area contributed by atoms with Crippen molar-refractivity contribution in [2.24, 2.45) is 0 Å². The molecule has 0 aliphatic carbocycles. The normalized spacial score (nSPS) is 14.9. The first kappa shape index (κ1) is 22.2. The molecule has 34 heavy (non-hydrogen) atoms. The van der Waals surface area contributed by atoms with Gasteiger partial charge in [-0.15, -0.1) is 0 Å². The van der Waals surface area contributed by atoms with Gasteiger partial charge in [-0.3, -0.25) is 19.1 Å². The zero-order valence-corrected chi connectivity index (χ0v) is 19.3. The van der Waals surface area contributed by atoms with Crippen LogP contribution in [0.2, 0.25) is 5.02 Å². The number of rotatable bonds is 4. The average Bonchev–Trinajstić information content (AvgIpc) is 3.18. The zero-order valence-electron chi connectivity index (χ0n) is 17.7. The van der Waals surface area contributed by atoms with E-state index in [9.17, 15) is 17.6 Å². The first-order valence-corrected chi connectivity index (χ1v) is 12.4. The summed E-state index contributed by atoms with van der Waals surface area (Å²) >= 11 is 6.43. The molecule has 1 amide bonds. The smallest absolute Gasteiger partial charge is 0.258 e. The number of carbonyl (C=O) groups is 1. The number of hydrogen-bond donors (Lipinski definition) is 1. The number of halogens is 2. The van der Waals surface area contributed by atoms with Crippen LogP contribution in [0.1, 0.15) is 16.8 Å². The lowest BCUT2D eigenvalue weighted by Gasteiger charge is -2.17. The molecule has 3 heterocycles. The SMILES string of the molecule is O=C(Nc1ccc(Cl)c(-c2nccc3ncccc23)c1)c1ccc(N2CCCS2(=O)=O)cc1F. The minimum atomic E-state index is -3.45.